The van der Waals surface area contributed by atoms with Crippen molar-refractivity contribution in [3.05, 3.63) is 69.9 Å². The fraction of sp³-hybridized carbons (Fsp3) is 0.375. The number of aromatic amines is 1. The lowest BCUT2D eigenvalue weighted by Gasteiger charge is -2.35. The number of nitrogens with one attached hydrogen (secondary N) is 1. The molecule has 1 fully saturated rings. The predicted molar refractivity (Wildman–Crippen MR) is 123 cm³/mol. The van der Waals surface area contributed by atoms with Crippen LogP contribution in [0.25, 0.3) is 10.8 Å². The summed E-state index contributed by atoms with van der Waals surface area (Å²) in [6.45, 7) is 7.13. The zero-order chi connectivity index (χ0) is 23.6. The number of pyridine rings is 1. The zero-order valence-electron chi connectivity index (χ0n) is 19.0. The molecule has 1 aliphatic rings. The van der Waals surface area contributed by atoms with E-state index in [0.29, 0.717) is 55.1 Å². The zero-order valence-corrected chi connectivity index (χ0v) is 19.0. The van der Waals surface area contributed by atoms with Crippen LogP contribution in [-0.2, 0) is 11.2 Å². The Balaban J connectivity index is 1.45. The summed E-state index contributed by atoms with van der Waals surface area (Å²) in [5.41, 5.74) is 0.912. The number of ether oxygens (including phenoxy) is 1. The normalized spacial score (nSPS) is 14.4. The average molecular weight is 450 g/mol. The average Bonchev–Trinajstić information content (AvgIpc) is 2.80. The molecule has 9 nitrogen and oxygen atoms in total. The van der Waals surface area contributed by atoms with Crippen LogP contribution in [0.5, 0.6) is 0 Å². The van der Waals surface area contributed by atoms with Crippen LogP contribution in [0.1, 0.15) is 42.6 Å². The van der Waals surface area contributed by atoms with Crippen LogP contribution >= 0.6 is 0 Å². The van der Waals surface area contributed by atoms with Gasteiger partial charge in [0.05, 0.1) is 11.1 Å². The summed E-state index contributed by atoms with van der Waals surface area (Å²) in [5.74, 6) is -0.181. The van der Waals surface area contributed by atoms with Gasteiger partial charge < -0.3 is 14.5 Å². The van der Waals surface area contributed by atoms with E-state index in [1.165, 1.54) is 0 Å². The number of aromatic nitrogens is 3. The standard InChI is InChI=1S/C24H27N5O4/c1-24(2,3)33-23(32)29-13-11-28(12-14-29)22(31)19-10-6-7-16(25-19)15-20-17-8-4-5-9-18(17)21(30)27-26-20/h4-10H,11-15H2,1-3H3,(H,27,30). The van der Waals surface area contributed by atoms with Crippen molar-refractivity contribution in [2.24, 2.45) is 0 Å². The minimum absolute atomic E-state index is 0.181. The third-order valence-corrected chi connectivity index (χ3v) is 5.37. The highest BCUT2D eigenvalue weighted by molar-refractivity contribution is 5.92. The highest BCUT2D eigenvalue weighted by Gasteiger charge is 2.28. The summed E-state index contributed by atoms with van der Waals surface area (Å²) in [5, 5.41) is 8.05. The predicted octanol–water partition coefficient (Wildman–Crippen LogP) is 2.60. The van der Waals surface area contributed by atoms with Crippen molar-refractivity contribution >= 4 is 22.8 Å². The van der Waals surface area contributed by atoms with E-state index < -0.39 is 5.60 Å². The van der Waals surface area contributed by atoms with Gasteiger partial charge in [0.1, 0.15) is 11.3 Å². The number of hydrogen-bond donors (Lipinski definition) is 1. The molecular weight excluding hydrogens is 422 g/mol. The molecule has 0 radical (unpaired) electrons. The molecule has 0 aliphatic carbocycles. The van der Waals surface area contributed by atoms with Crippen LogP contribution < -0.4 is 5.56 Å². The molecule has 33 heavy (non-hydrogen) atoms. The van der Waals surface area contributed by atoms with Crippen molar-refractivity contribution in [1.29, 1.82) is 0 Å². The van der Waals surface area contributed by atoms with E-state index >= 15 is 0 Å². The van der Waals surface area contributed by atoms with Crippen LogP contribution in [0.3, 0.4) is 0 Å². The maximum atomic E-state index is 13.0. The molecule has 2 aromatic heterocycles. The van der Waals surface area contributed by atoms with Gasteiger partial charge in [0.15, 0.2) is 0 Å². The number of hydrogen-bond acceptors (Lipinski definition) is 6. The molecule has 2 amide bonds. The van der Waals surface area contributed by atoms with Crippen molar-refractivity contribution < 1.29 is 14.3 Å². The largest absolute Gasteiger partial charge is 0.444 e. The van der Waals surface area contributed by atoms with E-state index in [2.05, 4.69) is 15.2 Å². The van der Waals surface area contributed by atoms with Crippen molar-refractivity contribution in [2.75, 3.05) is 26.2 Å². The number of rotatable bonds is 3. The topological polar surface area (TPSA) is 108 Å². The third-order valence-electron chi connectivity index (χ3n) is 5.37. The first kappa shape index (κ1) is 22.4. The van der Waals surface area contributed by atoms with Crippen LogP contribution in [0.15, 0.2) is 47.3 Å². The number of piperazine rings is 1. The molecular formula is C24H27N5O4. The molecule has 0 spiro atoms. The van der Waals surface area contributed by atoms with Crippen molar-refractivity contribution in [2.45, 2.75) is 32.8 Å². The smallest absolute Gasteiger partial charge is 0.410 e. The van der Waals surface area contributed by atoms with Crippen molar-refractivity contribution in [3.8, 4) is 0 Å². The van der Waals surface area contributed by atoms with Crippen LogP contribution in [-0.4, -0.2) is 68.8 Å². The van der Waals surface area contributed by atoms with Gasteiger partial charge in [-0.15, -0.1) is 0 Å². The van der Waals surface area contributed by atoms with Crippen LogP contribution in [0.2, 0.25) is 0 Å². The Hall–Kier alpha value is -3.75. The van der Waals surface area contributed by atoms with E-state index in [1.54, 1.807) is 34.1 Å². The first-order valence-electron chi connectivity index (χ1n) is 10.9. The lowest BCUT2D eigenvalue weighted by Crippen LogP contribution is -2.51. The first-order valence-corrected chi connectivity index (χ1v) is 10.9. The molecule has 0 unspecified atom stereocenters. The number of carbonyl (C=O) groups excluding carboxylic acids is 2. The second kappa shape index (κ2) is 9.01. The number of benzene rings is 1. The molecule has 0 atom stereocenters. The molecule has 172 valence electrons. The second-order valence-electron chi connectivity index (χ2n) is 9.00. The maximum absolute atomic E-state index is 13.0. The molecule has 1 aliphatic heterocycles. The first-order chi connectivity index (χ1) is 15.7. The van der Waals surface area contributed by atoms with Gasteiger partial charge in [0.25, 0.3) is 11.5 Å². The molecule has 9 heteroatoms. The molecule has 3 heterocycles. The lowest BCUT2D eigenvalue weighted by molar-refractivity contribution is 0.0140. The summed E-state index contributed by atoms with van der Waals surface area (Å²) in [6, 6.07) is 12.6. The molecule has 1 aromatic carbocycles. The number of fused-ring (bicyclic) bond motifs is 1. The number of amides is 2. The van der Waals surface area contributed by atoms with E-state index in [9.17, 15) is 14.4 Å². The summed E-state index contributed by atoms with van der Waals surface area (Å²) < 4.78 is 5.41. The number of H-pyrrole nitrogens is 1. The molecule has 0 saturated carbocycles. The quantitative estimate of drug-likeness (QED) is 0.658. The third kappa shape index (κ3) is 5.19. The second-order valence-corrected chi connectivity index (χ2v) is 9.00. The van der Waals surface area contributed by atoms with Gasteiger partial charge >= 0.3 is 6.09 Å². The monoisotopic (exact) mass is 449 g/mol. The van der Waals surface area contributed by atoms with Crippen LogP contribution in [0, 0.1) is 0 Å². The Morgan fingerprint density at radius 1 is 0.970 bits per heavy atom. The van der Waals surface area contributed by atoms with Crippen molar-refractivity contribution in [3.63, 3.8) is 0 Å². The van der Waals surface area contributed by atoms with E-state index in [-0.39, 0.29) is 17.6 Å². The number of carbonyl (C=O) groups is 2. The van der Waals surface area contributed by atoms with Gasteiger partial charge in [0.2, 0.25) is 0 Å². The fourth-order valence-corrected chi connectivity index (χ4v) is 3.76. The SMILES string of the molecule is CC(C)(C)OC(=O)N1CCN(C(=O)c2cccc(Cc3n[nH]c(=O)c4ccccc34)n2)CC1. The molecule has 3 aromatic rings. The Kier molecular flexibility index (Phi) is 6.13. The van der Waals surface area contributed by atoms with Gasteiger partial charge in [0, 0.05) is 43.7 Å². The van der Waals surface area contributed by atoms with E-state index in [0.717, 1.165) is 5.39 Å². The van der Waals surface area contributed by atoms with Crippen LogP contribution in [0.4, 0.5) is 4.79 Å². The highest BCUT2D eigenvalue weighted by Crippen LogP contribution is 2.17. The summed E-state index contributed by atoms with van der Waals surface area (Å²) in [6.07, 6.45) is 0.0144. The van der Waals surface area contributed by atoms with Gasteiger partial charge in [-0.1, -0.05) is 24.3 Å². The summed E-state index contributed by atoms with van der Waals surface area (Å²) >= 11 is 0. The molecule has 1 N–H and O–H groups in total. The van der Waals surface area contributed by atoms with Gasteiger partial charge in [-0.05, 0) is 39.0 Å². The van der Waals surface area contributed by atoms with Crippen molar-refractivity contribution in [1.82, 2.24) is 25.0 Å². The Morgan fingerprint density at radius 3 is 2.33 bits per heavy atom. The number of nitrogens with zero attached hydrogens (tertiary/aromatic N) is 4. The summed E-state index contributed by atoms with van der Waals surface area (Å²) in [4.78, 5) is 45.2. The van der Waals surface area contributed by atoms with Gasteiger partial charge in [-0.25, -0.2) is 14.9 Å². The minimum Gasteiger partial charge on any atom is -0.444 e. The highest BCUT2D eigenvalue weighted by atomic mass is 16.6. The lowest BCUT2D eigenvalue weighted by atomic mass is 10.1. The van der Waals surface area contributed by atoms with Gasteiger partial charge in [-0.3, -0.25) is 9.59 Å². The Labute approximate surface area is 191 Å². The molecule has 4 rings (SSSR count). The molecule has 1 saturated heterocycles. The van der Waals surface area contributed by atoms with Gasteiger partial charge in [-0.2, -0.15) is 5.10 Å². The Morgan fingerprint density at radius 2 is 1.64 bits per heavy atom. The Bertz CT molecular complexity index is 1240. The van der Waals surface area contributed by atoms with E-state index in [4.69, 9.17) is 4.74 Å². The minimum atomic E-state index is -0.555. The molecule has 0 bridgehead atoms. The fourth-order valence-electron chi connectivity index (χ4n) is 3.76. The summed E-state index contributed by atoms with van der Waals surface area (Å²) in [7, 11) is 0. The van der Waals surface area contributed by atoms with E-state index in [1.807, 2.05) is 39.0 Å². The maximum Gasteiger partial charge on any atom is 0.410 e.